The fourth-order valence-corrected chi connectivity index (χ4v) is 1.62. The predicted octanol–water partition coefficient (Wildman–Crippen LogP) is -0.324. The van der Waals surface area contributed by atoms with Crippen molar-refractivity contribution in [3.63, 3.8) is 0 Å². The number of hydrogen-bond acceptors (Lipinski definition) is 6. The van der Waals surface area contributed by atoms with Gasteiger partial charge < -0.3 is 20.0 Å². The SMILES string of the molecule is CNC(C)c1nnc(N2CCCNC(=O)C2)o1. The van der Waals surface area contributed by atoms with Crippen LogP contribution in [0.5, 0.6) is 0 Å². The van der Waals surface area contributed by atoms with Crippen molar-refractivity contribution in [1.29, 1.82) is 0 Å². The molecule has 1 aliphatic rings. The Morgan fingerprint density at radius 2 is 2.35 bits per heavy atom. The highest BCUT2D eigenvalue weighted by molar-refractivity contribution is 5.80. The molecule has 1 saturated heterocycles. The van der Waals surface area contributed by atoms with E-state index in [1.807, 2.05) is 14.0 Å². The predicted molar refractivity (Wildman–Crippen MR) is 61.6 cm³/mol. The Hall–Kier alpha value is -1.63. The lowest BCUT2D eigenvalue weighted by atomic mass is 10.3. The van der Waals surface area contributed by atoms with E-state index < -0.39 is 0 Å². The molecule has 1 aromatic heterocycles. The molecule has 7 nitrogen and oxygen atoms in total. The summed E-state index contributed by atoms with van der Waals surface area (Å²) in [5.74, 6) is 0.524. The van der Waals surface area contributed by atoms with E-state index in [0.717, 1.165) is 13.0 Å². The van der Waals surface area contributed by atoms with Crippen LogP contribution in [0.2, 0.25) is 0 Å². The fourth-order valence-electron chi connectivity index (χ4n) is 1.62. The Kier molecular flexibility index (Phi) is 3.58. The molecule has 1 fully saturated rings. The molecule has 2 N–H and O–H groups in total. The van der Waals surface area contributed by atoms with Crippen molar-refractivity contribution in [3.05, 3.63) is 5.89 Å². The quantitative estimate of drug-likeness (QED) is 0.752. The van der Waals surface area contributed by atoms with Gasteiger partial charge in [0.15, 0.2) is 0 Å². The molecule has 0 radical (unpaired) electrons. The summed E-state index contributed by atoms with van der Waals surface area (Å²) < 4.78 is 5.54. The van der Waals surface area contributed by atoms with Gasteiger partial charge in [0.2, 0.25) is 11.8 Å². The summed E-state index contributed by atoms with van der Waals surface area (Å²) in [4.78, 5) is 13.2. The Morgan fingerprint density at radius 1 is 1.53 bits per heavy atom. The van der Waals surface area contributed by atoms with Crippen LogP contribution in [0.4, 0.5) is 6.01 Å². The summed E-state index contributed by atoms with van der Waals surface area (Å²) in [6.07, 6.45) is 0.880. The molecule has 1 unspecified atom stereocenters. The fraction of sp³-hybridized carbons (Fsp3) is 0.700. The lowest BCUT2D eigenvalue weighted by molar-refractivity contribution is -0.119. The zero-order valence-corrected chi connectivity index (χ0v) is 10.1. The molecule has 0 saturated carbocycles. The van der Waals surface area contributed by atoms with Crippen molar-refractivity contribution in [2.24, 2.45) is 0 Å². The number of carbonyl (C=O) groups excluding carboxylic acids is 1. The van der Waals surface area contributed by atoms with Gasteiger partial charge >= 0.3 is 6.01 Å². The second kappa shape index (κ2) is 5.13. The molecular weight excluding hydrogens is 222 g/mol. The topological polar surface area (TPSA) is 83.3 Å². The molecule has 17 heavy (non-hydrogen) atoms. The highest BCUT2D eigenvalue weighted by Gasteiger charge is 2.21. The van der Waals surface area contributed by atoms with Crippen LogP contribution in [0, 0.1) is 0 Å². The number of nitrogens with zero attached hydrogens (tertiary/aromatic N) is 3. The van der Waals surface area contributed by atoms with Crippen LogP contribution in [0.1, 0.15) is 25.3 Å². The molecule has 0 aliphatic carbocycles. The highest BCUT2D eigenvalue weighted by atomic mass is 16.4. The van der Waals surface area contributed by atoms with E-state index in [1.54, 1.807) is 4.90 Å². The first-order valence-electron chi connectivity index (χ1n) is 5.73. The summed E-state index contributed by atoms with van der Waals surface area (Å²) in [5.41, 5.74) is 0. The normalized spacial score (nSPS) is 18.7. The molecule has 1 atom stereocenters. The second-order valence-corrected chi connectivity index (χ2v) is 4.06. The molecule has 1 amide bonds. The van der Waals surface area contributed by atoms with Gasteiger partial charge in [0, 0.05) is 13.1 Å². The molecular formula is C10H17N5O2. The lowest BCUT2D eigenvalue weighted by Gasteiger charge is -2.15. The summed E-state index contributed by atoms with van der Waals surface area (Å²) in [6.45, 7) is 3.65. The number of aromatic nitrogens is 2. The average molecular weight is 239 g/mol. The third-order valence-electron chi connectivity index (χ3n) is 2.77. The number of anilines is 1. The third kappa shape index (κ3) is 2.73. The Bertz CT molecular complexity index is 392. The van der Waals surface area contributed by atoms with Gasteiger partial charge in [-0.05, 0) is 20.4 Å². The molecule has 2 rings (SSSR count). The second-order valence-electron chi connectivity index (χ2n) is 4.06. The van der Waals surface area contributed by atoms with Crippen molar-refractivity contribution in [2.75, 3.05) is 31.6 Å². The number of amides is 1. The van der Waals surface area contributed by atoms with Crippen LogP contribution in [-0.4, -0.2) is 42.8 Å². The number of carbonyl (C=O) groups is 1. The minimum absolute atomic E-state index is 0.0103. The van der Waals surface area contributed by atoms with Crippen LogP contribution >= 0.6 is 0 Å². The zero-order valence-electron chi connectivity index (χ0n) is 10.1. The molecule has 2 heterocycles. The molecule has 0 aromatic carbocycles. The van der Waals surface area contributed by atoms with Gasteiger partial charge in [-0.3, -0.25) is 4.79 Å². The van der Waals surface area contributed by atoms with E-state index in [-0.39, 0.29) is 18.5 Å². The van der Waals surface area contributed by atoms with Gasteiger partial charge in [0.05, 0.1) is 6.04 Å². The maximum Gasteiger partial charge on any atom is 0.318 e. The van der Waals surface area contributed by atoms with Crippen LogP contribution < -0.4 is 15.5 Å². The number of rotatable bonds is 3. The summed E-state index contributed by atoms with van der Waals surface area (Å²) in [5, 5.41) is 13.8. The van der Waals surface area contributed by atoms with E-state index in [1.165, 1.54) is 0 Å². The molecule has 7 heteroatoms. The molecule has 0 spiro atoms. The minimum atomic E-state index is -0.0103. The average Bonchev–Trinajstić information content (AvgIpc) is 2.72. The van der Waals surface area contributed by atoms with E-state index in [0.29, 0.717) is 18.5 Å². The summed E-state index contributed by atoms with van der Waals surface area (Å²) in [6, 6.07) is 0.427. The first-order chi connectivity index (χ1) is 8.20. The van der Waals surface area contributed by atoms with Gasteiger partial charge in [-0.25, -0.2) is 0 Å². The Labute approximate surface area is 99.6 Å². The van der Waals surface area contributed by atoms with Crippen LogP contribution in [0.15, 0.2) is 4.42 Å². The van der Waals surface area contributed by atoms with Crippen molar-refractivity contribution in [1.82, 2.24) is 20.8 Å². The van der Waals surface area contributed by atoms with Crippen LogP contribution in [0.25, 0.3) is 0 Å². The van der Waals surface area contributed by atoms with E-state index in [2.05, 4.69) is 20.8 Å². The minimum Gasteiger partial charge on any atom is -0.406 e. The van der Waals surface area contributed by atoms with Crippen molar-refractivity contribution in [2.45, 2.75) is 19.4 Å². The highest BCUT2D eigenvalue weighted by Crippen LogP contribution is 2.17. The molecule has 1 aromatic rings. The largest absolute Gasteiger partial charge is 0.406 e. The smallest absolute Gasteiger partial charge is 0.318 e. The first kappa shape index (κ1) is 11.8. The van der Waals surface area contributed by atoms with Gasteiger partial charge in [0.25, 0.3) is 0 Å². The van der Waals surface area contributed by atoms with Crippen LogP contribution in [-0.2, 0) is 4.79 Å². The van der Waals surface area contributed by atoms with Crippen molar-refractivity contribution >= 4 is 11.9 Å². The van der Waals surface area contributed by atoms with Gasteiger partial charge in [-0.1, -0.05) is 5.10 Å². The maximum absolute atomic E-state index is 11.4. The van der Waals surface area contributed by atoms with E-state index >= 15 is 0 Å². The van der Waals surface area contributed by atoms with E-state index in [9.17, 15) is 4.79 Å². The van der Waals surface area contributed by atoms with Crippen LogP contribution in [0.3, 0.4) is 0 Å². The van der Waals surface area contributed by atoms with Gasteiger partial charge in [0.1, 0.15) is 6.54 Å². The standard InChI is InChI=1S/C10H17N5O2/c1-7(11-2)9-13-14-10(17-9)15-5-3-4-12-8(16)6-15/h7,11H,3-6H2,1-2H3,(H,12,16). The lowest BCUT2D eigenvalue weighted by Crippen LogP contribution is -2.33. The third-order valence-corrected chi connectivity index (χ3v) is 2.77. The Balaban J connectivity index is 2.10. The van der Waals surface area contributed by atoms with Crippen molar-refractivity contribution < 1.29 is 9.21 Å². The van der Waals surface area contributed by atoms with Gasteiger partial charge in [-0.2, -0.15) is 0 Å². The molecule has 0 bridgehead atoms. The zero-order chi connectivity index (χ0) is 12.3. The number of nitrogens with one attached hydrogen (secondary N) is 2. The van der Waals surface area contributed by atoms with Gasteiger partial charge in [-0.15, -0.1) is 5.10 Å². The summed E-state index contributed by atoms with van der Waals surface area (Å²) in [7, 11) is 1.83. The molecule has 1 aliphatic heterocycles. The van der Waals surface area contributed by atoms with Crippen molar-refractivity contribution in [3.8, 4) is 0 Å². The Morgan fingerprint density at radius 3 is 3.12 bits per heavy atom. The first-order valence-corrected chi connectivity index (χ1v) is 5.73. The van der Waals surface area contributed by atoms with E-state index in [4.69, 9.17) is 4.42 Å². The monoisotopic (exact) mass is 239 g/mol. The summed E-state index contributed by atoms with van der Waals surface area (Å²) >= 11 is 0. The number of hydrogen-bond donors (Lipinski definition) is 2. The molecule has 94 valence electrons. The maximum atomic E-state index is 11.4.